The van der Waals surface area contributed by atoms with Gasteiger partial charge < -0.3 is 14.5 Å². The number of nitrogens with two attached hydrogens (primary N) is 1. The maximum absolute atomic E-state index is 11.4. The van der Waals surface area contributed by atoms with Gasteiger partial charge in [0.2, 0.25) is 0 Å². The summed E-state index contributed by atoms with van der Waals surface area (Å²) in [6.07, 6.45) is 1.23. The molecule has 0 amide bonds. The Bertz CT molecular complexity index is 404. The predicted octanol–water partition coefficient (Wildman–Crippen LogP) is 0.942. The van der Waals surface area contributed by atoms with Gasteiger partial charge in [0.05, 0.1) is 31.0 Å². The molecule has 1 aliphatic rings. The average Bonchev–Trinajstić information content (AvgIpc) is 2.32. The lowest BCUT2D eigenvalue weighted by Gasteiger charge is -2.31. The first-order valence-electron chi connectivity index (χ1n) is 5.53. The van der Waals surface area contributed by atoms with Crippen LogP contribution in [0, 0.1) is 0 Å². The molecule has 1 aromatic rings. The first kappa shape index (κ1) is 11.9. The smallest absolute Gasteiger partial charge is 0.337 e. The van der Waals surface area contributed by atoms with Crippen LogP contribution < -0.4 is 10.9 Å². The van der Waals surface area contributed by atoms with Gasteiger partial charge in [-0.1, -0.05) is 6.07 Å². The first-order valence-corrected chi connectivity index (χ1v) is 5.53. The summed E-state index contributed by atoms with van der Waals surface area (Å²) in [5, 5.41) is 1.59. The van der Waals surface area contributed by atoms with E-state index < -0.39 is 0 Å². The van der Waals surface area contributed by atoms with E-state index in [9.17, 15) is 4.79 Å². The monoisotopic (exact) mass is 236 g/mol. The van der Waals surface area contributed by atoms with Gasteiger partial charge in [0, 0.05) is 6.61 Å². The zero-order valence-corrected chi connectivity index (χ0v) is 9.76. The highest BCUT2D eigenvalue weighted by Crippen LogP contribution is 2.18. The quantitative estimate of drug-likeness (QED) is 0.479. The molecule has 2 rings (SSSR count). The Labute approximate surface area is 100 Å². The molecular weight excluding hydrogens is 220 g/mol. The van der Waals surface area contributed by atoms with E-state index in [1.807, 2.05) is 6.07 Å². The van der Waals surface area contributed by atoms with Crippen LogP contribution in [0.25, 0.3) is 0 Å². The summed E-state index contributed by atoms with van der Waals surface area (Å²) in [4.78, 5) is 11.4. The third-order valence-electron chi connectivity index (χ3n) is 2.79. The van der Waals surface area contributed by atoms with Crippen LogP contribution >= 0.6 is 0 Å². The largest absolute Gasteiger partial charge is 0.465 e. The molecule has 92 valence electrons. The summed E-state index contributed by atoms with van der Waals surface area (Å²) in [5.41, 5.74) is 1.28. The van der Waals surface area contributed by atoms with Crippen LogP contribution in [-0.2, 0) is 9.47 Å². The Kier molecular flexibility index (Phi) is 3.61. The minimum atomic E-state index is -0.361. The van der Waals surface area contributed by atoms with E-state index in [1.165, 1.54) is 7.11 Å². The topological polar surface area (TPSA) is 64.8 Å². The summed E-state index contributed by atoms with van der Waals surface area (Å²) < 4.78 is 9.97. The van der Waals surface area contributed by atoms with E-state index in [1.54, 1.807) is 23.2 Å². The number of hydrogen-bond donors (Lipinski definition) is 1. The maximum Gasteiger partial charge on any atom is 0.337 e. The number of rotatable bonds is 4. The number of benzene rings is 1. The molecule has 0 aliphatic carbocycles. The van der Waals surface area contributed by atoms with Crippen molar-refractivity contribution >= 4 is 11.7 Å². The van der Waals surface area contributed by atoms with E-state index in [0.717, 1.165) is 18.7 Å². The number of nitrogens with zero attached hydrogens (tertiary/aromatic N) is 1. The van der Waals surface area contributed by atoms with Gasteiger partial charge in [-0.25, -0.2) is 10.6 Å². The lowest BCUT2D eigenvalue weighted by Crippen LogP contribution is -2.43. The normalized spacial score (nSPS) is 18.4. The predicted molar refractivity (Wildman–Crippen MR) is 63.7 cm³/mol. The zero-order valence-electron chi connectivity index (χ0n) is 9.76. The molecule has 1 aliphatic heterocycles. The molecule has 0 radical (unpaired) electrons. The minimum Gasteiger partial charge on any atom is -0.465 e. The number of ether oxygens (including phenoxy) is 2. The van der Waals surface area contributed by atoms with Crippen LogP contribution in [0.4, 0.5) is 5.69 Å². The van der Waals surface area contributed by atoms with Crippen molar-refractivity contribution in [3.05, 3.63) is 29.8 Å². The summed E-state index contributed by atoms with van der Waals surface area (Å²) in [6, 6.07) is 7.04. The fourth-order valence-electron chi connectivity index (χ4n) is 1.68. The molecule has 1 aromatic carbocycles. The van der Waals surface area contributed by atoms with Crippen molar-refractivity contribution in [2.24, 2.45) is 5.84 Å². The van der Waals surface area contributed by atoms with E-state index in [-0.39, 0.29) is 12.1 Å². The number of esters is 1. The second-order valence-corrected chi connectivity index (χ2v) is 3.98. The molecule has 1 heterocycles. The second-order valence-electron chi connectivity index (χ2n) is 3.98. The van der Waals surface area contributed by atoms with Crippen LogP contribution in [-0.4, -0.2) is 32.3 Å². The lowest BCUT2D eigenvalue weighted by atomic mass is 10.1. The molecule has 0 saturated carbocycles. The van der Waals surface area contributed by atoms with Crippen molar-refractivity contribution in [1.29, 1.82) is 0 Å². The Morgan fingerprint density at radius 2 is 2.41 bits per heavy atom. The third kappa shape index (κ3) is 2.75. The minimum absolute atomic E-state index is 0.196. The number of hydrazine groups is 1. The molecule has 0 aromatic heterocycles. The van der Waals surface area contributed by atoms with Crippen molar-refractivity contribution < 1.29 is 14.3 Å². The molecule has 0 spiro atoms. The van der Waals surface area contributed by atoms with E-state index >= 15 is 0 Å². The van der Waals surface area contributed by atoms with Crippen molar-refractivity contribution in [3.63, 3.8) is 0 Å². The number of anilines is 1. The highest BCUT2D eigenvalue weighted by Gasteiger charge is 2.20. The molecular formula is C12H16N2O3. The SMILES string of the molecule is COC(=O)c1cccc(N(N)C[C@@H]2CCO2)c1. The third-order valence-corrected chi connectivity index (χ3v) is 2.79. The van der Waals surface area contributed by atoms with Crippen molar-refractivity contribution in [2.75, 3.05) is 25.3 Å². The lowest BCUT2D eigenvalue weighted by molar-refractivity contribution is -0.0445. The fourth-order valence-corrected chi connectivity index (χ4v) is 1.68. The molecule has 5 heteroatoms. The van der Waals surface area contributed by atoms with Gasteiger partial charge in [-0.15, -0.1) is 0 Å². The van der Waals surface area contributed by atoms with Crippen LogP contribution in [0.5, 0.6) is 0 Å². The van der Waals surface area contributed by atoms with E-state index in [2.05, 4.69) is 4.74 Å². The summed E-state index contributed by atoms with van der Waals surface area (Å²) in [5.74, 6) is 5.56. The Morgan fingerprint density at radius 3 is 3.00 bits per heavy atom. The second kappa shape index (κ2) is 5.16. The molecule has 5 nitrogen and oxygen atoms in total. The van der Waals surface area contributed by atoms with Crippen molar-refractivity contribution in [2.45, 2.75) is 12.5 Å². The molecule has 0 unspecified atom stereocenters. The maximum atomic E-state index is 11.4. The molecule has 0 bridgehead atoms. The van der Waals surface area contributed by atoms with E-state index in [0.29, 0.717) is 12.1 Å². The average molecular weight is 236 g/mol. The van der Waals surface area contributed by atoms with Gasteiger partial charge in [0.1, 0.15) is 0 Å². The first-order chi connectivity index (χ1) is 8.20. The van der Waals surface area contributed by atoms with Gasteiger partial charge in [-0.05, 0) is 24.6 Å². The van der Waals surface area contributed by atoms with Gasteiger partial charge in [0.15, 0.2) is 0 Å². The number of carbonyl (C=O) groups is 1. The Morgan fingerprint density at radius 1 is 1.65 bits per heavy atom. The highest BCUT2D eigenvalue weighted by molar-refractivity contribution is 5.90. The zero-order chi connectivity index (χ0) is 12.3. The van der Waals surface area contributed by atoms with E-state index in [4.69, 9.17) is 10.6 Å². The summed E-state index contributed by atoms with van der Waals surface area (Å²) in [6.45, 7) is 1.44. The van der Waals surface area contributed by atoms with Crippen LogP contribution in [0.2, 0.25) is 0 Å². The molecule has 17 heavy (non-hydrogen) atoms. The van der Waals surface area contributed by atoms with Gasteiger partial charge in [0.25, 0.3) is 0 Å². The Hall–Kier alpha value is -1.59. The van der Waals surface area contributed by atoms with Gasteiger partial charge in [-0.2, -0.15) is 0 Å². The van der Waals surface area contributed by atoms with Crippen molar-refractivity contribution in [3.8, 4) is 0 Å². The molecule has 1 fully saturated rings. The van der Waals surface area contributed by atoms with Crippen LogP contribution in [0.1, 0.15) is 16.8 Å². The van der Waals surface area contributed by atoms with Crippen LogP contribution in [0.15, 0.2) is 24.3 Å². The number of carbonyl (C=O) groups excluding carboxylic acids is 1. The van der Waals surface area contributed by atoms with Gasteiger partial charge >= 0.3 is 5.97 Å². The van der Waals surface area contributed by atoms with Crippen molar-refractivity contribution in [1.82, 2.24) is 0 Å². The Balaban J connectivity index is 2.06. The molecule has 1 saturated heterocycles. The van der Waals surface area contributed by atoms with Crippen LogP contribution in [0.3, 0.4) is 0 Å². The number of methoxy groups -OCH3 is 1. The standard InChI is InChI=1S/C12H16N2O3/c1-16-12(15)9-3-2-4-10(7-9)14(13)8-11-5-6-17-11/h2-4,7,11H,5-6,8,13H2,1H3/t11-/m0/s1. The molecule has 2 N–H and O–H groups in total. The summed E-state index contributed by atoms with van der Waals surface area (Å²) in [7, 11) is 1.36. The number of hydrogen-bond acceptors (Lipinski definition) is 5. The van der Waals surface area contributed by atoms with Gasteiger partial charge in [-0.3, -0.25) is 0 Å². The molecule has 1 atom stereocenters. The summed E-state index contributed by atoms with van der Waals surface area (Å²) >= 11 is 0. The fraction of sp³-hybridized carbons (Fsp3) is 0.417. The highest BCUT2D eigenvalue weighted by atomic mass is 16.5.